The molecule has 0 bridgehead atoms. The third kappa shape index (κ3) is 1.27. The van der Waals surface area contributed by atoms with Crippen LogP contribution in [0, 0.1) is 0 Å². The van der Waals surface area contributed by atoms with Gasteiger partial charge in [-0.1, -0.05) is 12.7 Å². The van der Waals surface area contributed by atoms with Gasteiger partial charge in [-0.25, -0.2) is 0 Å². The molecule has 0 atom stereocenters. The van der Waals surface area contributed by atoms with Gasteiger partial charge in [-0.3, -0.25) is 14.9 Å². The number of rotatable bonds is 1. The van der Waals surface area contributed by atoms with E-state index in [0.29, 0.717) is 4.91 Å². The number of amides is 2. The summed E-state index contributed by atoms with van der Waals surface area (Å²) < 4.78 is 0. The molecule has 1 fully saturated rings. The molecule has 0 radical (unpaired) electrons. The zero-order valence-electron chi connectivity index (χ0n) is 5.09. The molecule has 0 unspecified atom stereocenters. The van der Waals surface area contributed by atoms with Crippen molar-refractivity contribution in [1.82, 2.24) is 5.32 Å². The summed E-state index contributed by atoms with van der Waals surface area (Å²) in [5, 5.41) is 1.80. The Balaban J connectivity index is 2.81. The molecular formula is C6H5NO2S. The molecule has 10 heavy (non-hydrogen) atoms. The number of carbonyl (C=O) groups is 2. The van der Waals surface area contributed by atoms with Crippen LogP contribution in [0.3, 0.4) is 0 Å². The zero-order chi connectivity index (χ0) is 7.56. The zero-order valence-corrected chi connectivity index (χ0v) is 5.90. The van der Waals surface area contributed by atoms with Crippen LogP contribution in [0.2, 0.25) is 0 Å². The lowest BCUT2D eigenvalue weighted by Crippen LogP contribution is -2.17. The van der Waals surface area contributed by atoms with E-state index in [4.69, 9.17) is 0 Å². The molecule has 0 saturated carbocycles. The standard InChI is InChI=1S/C6H5NO2S/c1-2-3-4-5(8)7-6(9)10-4/h2-3H,1H2,(H,7,8,9). The van der Waals surface area contributed by atoms with E-state index >= 15 is 0 Å². The average Bonchev–Trinajstić information content (AvgIpc) is 2.13. The Bertz CT molecular complexity index is 232. The van der Waals surface area contributed by atoms with Crippen molar-refractivity contribution >= 4 is 22.9 Å². The van der Waals surface area contributed by atoms with Gasteiger partial charge in [-0.15, -0.1) is 0 Å². The molecule has 1 aliphatic rings. The molecule has 0 aliphatic carbocycles. The third-order valence-corrected chi connectivity index (χ3v) is 1.74. The van der Waals surface area contributed by atoms with Crippen LogP contribution in [0.4, 0.5) is 4.79 Å². The van der Waals surface area contributed by atoms with Crippen LogP contribution in [0.5, 0.6) is 0 Å². The second-order valence-electron chi connectivity index (χ2n) is 1.61. The van der Waals surface area contributed by atoms with E-state index in [2.05, 4.69) is 11.9 Å². The maximum atomic E-state index is 10.7. The normalized spacial score (nSPS) is 21.4. The predicted molar refractivity (Wildman–Crippen MR) is 39.4 cm³/mol. The second-order valence-corrected chi connectivity index (χ2v) is 2.63. The number of hydrogen-bond donors (Lipinski definition) is 1. The number of nitrogens with one attached hydrogen (secondary N) is 1. The quantitative estimate of drug-likeness (QED) is 0.575. The average molecular weight is 155 g/mol. The molecule has 4 heteroatoms. The van der Waals surface area contributed by atoms with Crippen molar-refractivity contribution in [2.45, 2.75) is 0 Å². The van der Waals surface area contributed by atoms with E-state index in [1.165, 1.54) is 12.2 Å². The molecule has 2 amide bonds. The van der Waals surface area contributed by atoms with Gasteiger partial charge in [0, 0.05) is 0 Å². The minimum Gasteiger partial charge on any atom is -0.282 e. The molecule has 1 saturated heterocycles. The highest BCUT2D eigenvalue weighted by atomic mass is 32.2. The van der Waals surface area contributed by atoms with E-state index < -0.39 is 0 Å². The largest absolute Gasteiger partial charge is 0.290 e. The van der Waals surface area contributed by atoms with Gasteiger partial charge in [-0.2, -0.15) is 0 Å². The molecule has 3 nitrogen and oxygen atoms in total. The van der Waals surface area contributed by atoms with Gasteiger partial charge in [0.2, 0.25) is 0 Å². The fourth-order valence-electron chi connectivity index (χ4n) is 0.543. The maximum absolute atomic E-state index is 10.7. The summed E-state index contributed by atoms with van der Waals surface area (Å²) in [6.07, 6.45) is 2.98. The Morgan fingerprint density at radius 1 is 1.50 bits per heavy atom. The Kier molecular flexibility index (Phi) is 1.91. The number of imide groups is 1. The lowest BCUT2D eigenvalue weighted by Gasteiger charge is -1.82. The Labute approximate surface area is 62.2 Å². The van der Waals surface area contributed by atoms with Crippen LogP contribution in [-0.4, -0.2) is 11.1 Å². The molecular weight excluding hydrogens is 150 g/mol. The summed E-state index contributed by atoms with van der Waals surface area (Å²) in [6, 6.07) is 0. The predicted octanol–water partition coefficient (Wildman–Crippen LogP) is 1.04. The number of carbonyl (C=O) groups excluding carboxylic acids is 2. The first-order valence-corrected chi connectivity index (χ1v) is 3.41. The van der Waals surface area contributed by atoms with E-state index in [9.17, 15) is 9.59 Å². The first kappa shape index (κ1) is 7.08. The van der Waals surface area contributed by atoms with E-state index in [-0.39, 0.29) is 11.1 Å². The summed E-state index contributed by atoms with van der Waals surface area (Å²) >= 11 is 0.889. The van der Waals surface area contributed by atoms with Crippen molar-refractivity contribution < 1.29 is 9.59 Å². The van der Waals surface area contributed by atoms with Crippen molar-refractivity contribution in [1.29, 1.82) is 0 Å². The van der Waals surface area contributed by atoms with Gasteiger partial charge >= 0.3 is 0 Å². The molecule has 0 spiro atoms. The molecule has 1 N–H and O–H groups in total. The lowest BCUT2D eigenvalue weighted by molar-refractivity contribution is -0.115. The number of thioether (sulfide) groups is 1. The topological polar surface area (TPSA) is 46.2 Å². The van der Waals surface area contributed by atoms with Gasteiger partial charge in [0.05, 0.1) is 4.91 Å². The monoisotopic (exact) mass is 155 g/mol. The van der Waals surface area contributed by atoms with E-state index in [0.717, 1.165) is 11.8 Å². The highest BCUT2D eigenvalue weighted by Gasteiger charge is 2.23. The second kappa shape index (κ2) is 2.70. The van der Waals surface area contributed by atoms with Crippen molar-refractivity contribution in [2.24, 2.45) is 0 Å². The molecule has 1 aliphatic heterocycles. The third-order valence-electron chi connectivity index (χ3n) is 0.911. The van der Waals surface area contributed by atoms with Crippen molar-refractivity contribution in [2.75, 3.05) is 0 Å². The Morgan fingerprint density at radius 2 is 2.20 bits per heavy atom. The fraction of sp³-hybridized carbons (Fsp3) is 0. The number of hydrogen-bond acceptors (Lipinski definition) is 3. The van der Waals surface area contributed by atoms with Crippen LogP contribution in [0.25, 0.3) is 0 Å². The Hall–Kier alpha value is -1.03. The molecule has 0 aromatic carbocycles. The summed E-state index contributed by atoms with van der Waals surface area (Å²) in [5.74, 6) is -0.338. The first-order valence-electron chi connectivity index (χ1n) is 2.60. The lowest BCUT2D eigenvalue weighted by atomic mass is 10.4. The molecule has 0 aromatic rings. The van der Waals surface area contributed by atoms with E-state index in [1.807, 2.05) is 0 Å². The summed E-state index contributed by atoms with van der Waals surface area (Å²) in [7, 11) is 0. The molecule has 52 valence electrons. The SMILES string of the molecule is C=CC=C1SC(=O)NC1=O. The molecule has 1 heterocycles. The van der Waals surface area contributed by atoms with Gasteiger partial charge < -0.3 is 0 Å². The summed E-state index contributed by atoms with van der Waals surface area (Å²) in [6.45, 7) is 3.40. The van der Waals surface area contributed by atoms with Crippen LogP contribution in [-0.2, 0) is 4.79 Å². The van der Waals surface area contributed by atoms with Crippen LogP contribution in [0.1, 0.15) is 0 Å². The minimum absolute atomic E-state index is 0.321. The Morgan fingerprint density at radius 3 is 2.60 bits per heavy atom. The van der Waals surface area contributed by atoms with E-state index in [1.54, 1.807) is 0 Å². The van der Waals surface area contributed by atoms with Crippen LogP contribution in [0.15, 0.2) is 23.6 Å². The highest BCUT2D eigenvalue weighted by Crippen LogP contribution is 2.22. The van der Waals surface area contributed by atoms with Crippen LogP contribution < -0.4 is 5.32 Å². The van der Waals surface area contributed by atoms with Crippen LogP contribution >= 0.6 is 11.8 Å². The van der Waals surface area contributed by atoms with Crippen molar-refractivity contribution in [3.05, 3.63) is 23.6 Å². The fourth-order valence-corrected chi connectivity index (χ4v) is 1.19. The van der Waals surface area contributed by atoms with Gasteiger partial charge in [0.1, 0.15) is 0 Å². The van der Waals surface area contributed by atoms with Gasteiger partial charge in [0.15, 0.2) is 0 Å². The summed E-state index contributed by atoms with van der Waals surface area (Å²) in [5.41, 5.74) is 0. The molecule has 0 aromatic heterocycles. The van der Waals surface area contributed by atoms with Crippen molar-refractivity contribution in [3.8, 4) is 0 Å². The number of allylic oxidation sites excluding steroid dienone is 2. The maximum Gasteiger partial charge on any atom is 0.290 e. The minimum atomic E-state index is -0.338. The van der Waals surface area contributed by atoms with Gasteiger partial charge in [-0.05, 0) is 17.8 Å². The van der Waals surface area contributed by atoms with Gasteiger partial charge in [0.25, 0.3) is 11.1 Å². The smallest absolute Gasteiger partial charge is 0.282 e. The highest BCUT2D eigenvalue weighted by molar-refractivity contribution is 8.18. The molecule has 1 rings (SSSR count). The summed E-state index contributed by atoms with van der Waals surface area (Å²) in [4.78, 5) is 21.6. The first-order chi connectivity index (χ1) is 4.74. The van der Waals surface area contributed by atoms with Crippen molar-refractivity contribution in [3.63, 3.8) is 0 Å².